The number of nitrogens with zero attached hydrogens (tertiary/aromatic N) is 1. The lowest BCUT2D eigenvalue weighted by molar-refractivity contribution is -0.165. The lowest BCUT2D eigenvalue weighted by atomic mass is 9.79. The number of rotatable bonds is 3. The number of carboxylic acid groups (broad SMARTS) is 1. The average molecular weight is 330 g/mol. The molecule has 1 N–H and O–H groups in total. The fraction of sp³-hybridized carbons (Fsp3) is 0.357. The summed E-state index contributed by atoms with van der Waals surface area (Å²) in [5, 5.41) is 9.87. The van der Waals surface area contributed by atoms with Crippen LogP contribution in [0.2, 0.25) is 10.0 Å². The quantitative estimate of drug-likeness (QED) is 0.682. The van der Waals surface area contributed by atoms with Gasteiger partial charge in [-0.1, -0.05) is 29.3 Å². The van der Waals surface area contributed by atoms with Gasteiger partial charge in [-0.25, -0.2) is 0 Å². The van der Waals surface area contributed by atoms with Gasteiger partial charge in [0.2, 0.25) is 5.78 Å². The Labute approximate surface area is 131 Å². The molecule has 1 atom stereocenters. The maximum Gasteiger partial charge on any atom is 0.317 e. The van der Waals surface area contributed by atoms with E-state index in [1.54, 1.807) is 18.2 Å². The number of hydrogen-bond acceptors (Lipinski definition) is 3. The third-order valence-corrected chi connectivity index (χ3v) is 4.43. The van der Waals surface area contributed by atoms with Crippen LogP contribution in [0.1, 0.15) is 18.9 Å². The Kier molecular flexibility index (Phi) is 4.25. The molecule has 0 bridgehead atoms. The summed E-state index contributed by atoms with van der Waals surface area (Å²) in [6.07, 6.45) is 0.0915. The van der Waals surface area contributed by atoms with Crippen molar-refractivity contribution in [1.82, 2.24) is 4.90 Å². The molecule has 1 aliphatic heterocycles. The van der Waals surface area contributed by atoms with Crippen LogP contribution in [0.5, 0.6) is 0 Å². The highest BCUT2D eigenvalue weighted by atomic mass is 35.5. The summed E-state index contributed by atoms with van der Waals surface area (Å²) in [6, 6.07) is 4.93. The average Bonchev–Trinajstić information content (AvgIpc) is 2.43. The van der Waals surface area contributed by atoms with Crippen molar-refractivity contribution in [2.45, 2.75) is 19.9 Å². The van der Waals surface area contributed by atoms with Crippen molar-refractivity contribution in [3.8, 4) is 0 Å². The van der Waals surface area contributed by atoms with Crippen LogP contribution >= 0.6 is 23.2 Å². The second-order valence-corrected chi connectivity index (χ2v) is 6.01. The molecule has 0 spiro atoms. The molecule has 1 amide bonds. The van der Waals surface area contributed by atoms with E-state index in [1.807, 2.05) is 0 Å². The SMILES string of the molecule is CC1(C(=O)O)CCN(Cc2ccc(Cl)c(Cl)c2)C(=O)C1=O. The Balaban J connectivity index is 2.17. The van der Waals surface area contributed by atoms with Crippen LogP contribution in [0, 0.1) is 5.41 Å². The zero-order valence-corrected chi connectivity index (χ0v) is 12.7. The van der Waals surface area contributed by atoms with Gasteiger partial charge in [-0.2, -0.15) is 0 Å². The number of amides is 1. The summed E-state index contributed by atoms with van der Waals surface area (Å²) in [7, 11) is 0. The van der Waals surface area contributed by atoms with E-state index in [-0.39, 0.29) is 19.5 Å². The molecule has 0 aromatic heterocycles. The van der Waals surface area contributed by atoms with Crippen LogP contribution in [0.25, 0.3) is 0 Å². The Morgan fingerprint density at radius 1 is 1.33 bits per heavy atom. The number of carbonyl (C=O) groups is 3. The lowest BCUT2D eigenvalue weighted by Gasteiger charge is -2.34. The zero-order valence-electron chi connectivity index (χ0n) is 11.2. The molecule has 0 saturated carbocycles. The first-order chi connectivity index (χ1) is 9.75. The van der Waals surface area contributed by atoms with Crippen LogP contribution < -0.4 is 0 Å². The van der Waals surface area contributed by atoms with Crippen molar-refractivity contribution in [2.75, 3.05) is 6.54 Å². The van der Waals surface area contributed by atoms with Gasteiger partial charge < -0.3 is 10.0 Å². The molecule has 1 aromatic carbocycles. The molecular weight excluding hydrogens is 317 g/mol. The summed E-state index contributed by atoms with van der Waals surface area (Å²) >= 11 is 11.7. The third kappa shape index (κ3) is 2.89. The smallest absolute Gasteiger partial charge is 0.317 e. The topological polar surface area (TPSA) is 74.7 Å². The highest BCUT2D eigenvalue weighted by molar-refractivity contribution is 6.42. The van der Waals surface area contributed by atoms with Gasteiger partial charge in [-0.3, -0.25) is 14.4 Å². The molecule has 0 aliphatic carbocycles. The van der Waals surface area contributed by atoms with Crippen molar-refractivity contribution in [3.63, 3.8) is 0 Å². The van der Waals surface area contributed by atoms with Gasteiger partial charge in [0.25, 0.3) is 5.91 Å². The molecular formula is C14H13Cl2NO4. The first-order valence-corrected chi connectivity index (χ1v) is 7.02. The predicted octanol–water partition coefficient (Wildman–Crippen LogP) is 2.39. The van der Waals surface area contributed by atoms with E-state index in [4.69, 9.17) is 28.3 Å². The van der Waals surface area contributed by atoms with E-state index in [0.29, 0.717) is 10.0 Å². The second-order valence-electron chi connectivity index (χ2n) is 5.19. The van der Waals surface area contributed by atoms with Crippen molar-refractivity contribution in [1.29, 1.82) is 0 Å². The summed E-state index contributed by atoms with van der Waals surface area (Å²) in [5.41, 5.74) is -0.907. The number of ketones is 1. The molecule has 1 saturated heterocycles. The Hall–Kier alpha value is -1.59. The number of hydrogen-bond donors (Lipinski definition) is 1. The normalized spacial score (nSPS) is 22.5. The van der Waals surface area contributed by atoms with Crippen LogP contribution in [0.3, 0.4) is 0 Å². The number of carboxylic acids is 1. The maximum atomic E-state index is 12.1. The number of carbonyl (C=O) groups excluding carboxylic acids is 2. The van der Waals surface area contributed by atoms with Crippen LogP contribution in [-0.4, -0.2) is 34.2 Å². The van der Waals surface area contributed by atoms with E-state index in [2.05, 4.69) is 0 Å². The van der Waals surface area contributed by atoms with E-state index >= 15 is 0 Å². The lowest BCUT2D eigenvalue weighted by Crippen LogP contribution is -2.53. The minimum Gasteiger partial charge on any atom is -0.480 e. The first-order valence-electron chi connectivity index (χ1n) is 6.27. The Morgan fingerprint density at radius 3 is 2.57 bits per heavy atom. The van der Waals surface area contributed by atoms with Crippen LogP contribution in [-0.2, 0) is 20.9 Å². The number of halogens is 2. The van der Waals surface area contributed by atoms with Gasteiger partial charge >= 0.3 is 5.97 Å². The largest absolute Gasteiger partial charge is 0.480 e. The molecule has 0 radical (unpaired) electrons. The summed E-state index contributed by atoms with van der Waals surface area (Å²) in [4.78, 5) is 36.5. The molecule has 1 heterocycles. The Bertz CT molecular complexity index is 631. The van der Waals surface area contributed by atoms with Gasteiger partial charge in [0.05, 0.1) is 10.0 Å². The van der Waals surface area contributed by atoms with Crippen LogP contribution in [0.4, 0.5) is 0 Å². The van der Waals surface area contributed by atoms with Gasteiger partial charge in [0.1, 0.15) is 5.41 Å². The minimum absolute atomic E-state index is 0.0915. The molecule has 112 valence electrons. The fourth-order valence-electron chi connectivity index (χ4n) is 2.17. The number of aliphatic carboxylic acids is 1. The van der Waals surface area contributed by atoms with Crippen molar-refractivity contribution >= 4 is 40.9 Å². The van der Waals surface area contributed by atoms with Gasteiger partial charge in [0.15, 0.2) is 0 Å². The molecule has 2 rings (SSSR count). The molecule has 1 aromatic rings. The van der Waals surface area contributed by atoms with E-state index < -0.39 is 23.1 Å². The number of Topliss-reactive ketones (excluding diaryl/α,β-unsaturated/α-hetero) is 1. The third-order valence-electron chi connectivity index (χ3n) is 3.69. The number of likely N-dealkylation sites (tertiary alicyclic amines) is 1. The molecule has 1 fully saturated rings. The first kappa shape index (κ1) is 15.8. The van der Waals surface area contributed by atoms with E-state index in [0.717, 1.165) is 5.56 Å². The molecule has 1 unspecified atom stereocenters. The van der Waals surface area contributed by atoms with Gasteiger partial charge in [0, 0.05) is 13.1 Å². The Morgan fingerprint density at radius 2 is 2.00 bits per heavy atom. The van der Waals surface area contributed by atoms with Crippen molar-refractivity contribution < 1.29 is 19.5 Å². The van der Waals surface area contributed by atoms with Crippen molar-refractivity contribution in [2.24, 2.45) is 5.41 Å². The standard InChI is InChI=1S/C14H13Cl2NO4/c1-14(13(20)21)4-5-17(12(19)11(14)18)7-8-2-3-9(15)10(16)6-8/h2-3,6H,4-5,7H2,1H3,(H,20,21). The van der Waals surface area contributed by atoms with Crippen molar-refractivity contribution in [3.05, 3.63) is 33.8 Å². The molecule has 21 heavy (non-hydrogen) atoms. The minimum atomic E-state index is -1.63. The maximum absolute atomic E-state index is 12.1. The summed E-state index contributed by atoms with van der Waals surface area (Å²) in [5.74, 6) is -2.94. The zero-order chi connectivity index (χ0) is 15.8. The summed E-state index contributed by atoms with van der Waals surface area (Å²) < 4.78 is 0. The van der Waals surface area contributed by atoms with E-state index in [1.165, 1.54) is 11.8 Å². The molecule has 7 heteroatoms. The predicted molar refractivity (Wildman–Crippen MR) is 77.2 cm³/mol. The number of benzene rings is 1. The van der Waals surface area contributed by atoms with Gasteiger partial charge in [-0.15, -0.1) is 0 Å². The second kappa shape index (κ2) is 5.66. The fourth-order valence-corrected chi connectivity index (χ4v) is 2.49. The summed E-state index contributed by atoms with van der Waals surface area (Å²) in [6.45, 7) is 1.68. The molecule has 1 aliphatic rings. The van der Waals surface area contributed by atoms with E-state index in [9.17, 15) is 14.4 Å². The van der Waals surface area contributed by atoms with Crippen LogP contribution in [0.15, 0.2) is 18.2 Å². The monoisotopic (exact) mass is 329 g/mol. The molecule has 5 nitrogen and oxygen atoms in total. The van der Waals surface area contributed by atoms with Gasteiger partial charge in [-0.05, 0) is 31.0 Å². The highest BCUT2D eigenvalue weighted by Crippen LogP contribution is 2.30. The highest BCUT2D eigenvalue weighted by Gasteiger charge is 2.49. The number of piperidine rings is 1.